The molecule has 0 spiro atoms. The van der Waals surface area contributed by atoms with E-state index in [0.717, 1.165) is 10.9 Å². The molecule has 1 aliphatic heterocycles. The van der Waals surface area contributed by atoms with Gasteiger partial charge in [-0.1, -0.05) is 12.1 Å². The van der Waals surface area contributed by atoms with Crippen molar-refractivity contribution in [3.8, 4) is 11.8 Å². The van der Waals surface area contributed by atoms with Crippen molar-refractivity contribution in [1.82, 2.24) is 15.0 Å². The van der Waals surface area contributed by atoms with Crippen LogP contribution in [0.3, 0.4) is 0 Å². The molecule has 0 unspecified atom stereocenters. The Morgan fingerprint density at radius 3 is 2.48 bits per heavy atom. The Hall–Kier alpha value is -2.60. The fourth-order valence-corrected chi connectivity index (χ4v) is 2.35. The fourth-order valence-electron chi connectivity index (χ4n) is 2.35. The average molecular weight is 323 g/mol. The average Bonchev–Trinajstić information content (AvgIpc) is 2.99. The second-order valence-corrected chi connectivity index (χ2v) is 4.89. The van der Waals surface area contributed by atoms with E-state index < -0.39 is 11.7 Å². The maximum Gasteiger partial charge on any atom is 0.418 e. The lowest BCUT2D eigenvalue weighted by atomic mass is 10.2. The van der Waals surface area contributed by atoms with Crippen LogP contribution in [0.5, 0.6) is 0 Å². The van der Waals surface area contributed by atoms with Gasteiger partial charge in [0.1, 0.15) is 6.07 Å². The van der Waals surface area contributed by atoms with Crippen molar-refractivity contribution in [3.05, 3.63) is 35.5 Å². The van der Waals surface area contributed by atoms with Gasteiger partial charge in [0.05, 0.1) is 24.5 Å². The van der Waals surface area contributed by atoms with Crippen molar-refractivity contribution in [2.45, 2.75) is 6.18 Å². The predicted octanol–water partition coefficient (Wildman–Crippen LogP) is 1.99. The highest BCUT2D eigenvalue weighted by Gasteiger charge is 2.34. The quantitative estimate of drug-likeness (QED) is 0.845. The first-order valence-corrected chi connectivity index (χ1v) is 6.87. The number of hydrogen-bond donors (Lipinski definition) is 0. The number of para-hydroxylation sites is 1. The van der Waals surface area contributed by atoms with Crippen molar-refractivity contribution in [1.29, 1.82) is 5.26 Å². The van der Waals surface area contributed by atoms with Crippen LogP contribution in [0.15, 0.2) is 24.3 Å². The molecule has 3 rings (SSSR count). The monoisotopic (exact) mass is 323 g/mol. The Labute approximate surface area is 129 Å². The molecule has 23 heavy (non-hydrogen) atoms. The third-order valence-electron chi connectivity index (χ3n) is 3.44. The van der Waals surface area contributed by atoms with Crippen molar-refractivity contribution in [2.24, 2.45) is 0 Å². The Kier molecular flexibility index (Phi) is 3.92. The van der Waals surface area contributed by atoms with Gasteiger partial charge >= 0.3 is 6.18 Å². The number of aromatic nitrogens is 3. The highest BCUT2D eigenvalue weighted by molar-refractivity contribution is 5.51. The predicted molar refractivity (Wildman–Crippen MR) is 74.1 cm³/mol. The maximum atomic E-state index is 13.1. The Bertz CT molecular complexity index is 744. The van der Waals surface area contributed by atoms with Gasteiger partial charge in [0.15, 0.2) is 5.82 Å². The van der Waals surface area contributed by atoms with Crippen LogP contribution < -0.4 is 4.90 Å². The molecule has 0 atom stereocenters. The zero-order valence-corrected chi connectivity index (χ0v) is 11.9. The molecule has 2 aromatic rings. The second kappa shape index (κ2) is 5.89. The van der Waals surface area contributed by atoms with E-state index in [1.54, 1.807) is 4.90 Å². The molecule has 1 fully saturated rings. The van der Waals surface area contributed by atoms with Gasteiger partial charge in [0.2, 0.25) is 5.69 Å². The molecule has 120 valence electrons. The molecule has 0 radical (unpaired) electrons. The lowest BCUT2D eigenvalue weighted by Crippen LogP contribution is -2.37. The number of hydrogen-bond acceptors (Lipinski definition) is 5. The molecule has 0 amide bonds. The van der Waals surface area contributed by atoms with Crippen molar-refractivity contribution in [2.75, 3.05) is 31.2 Å². The summed E-state index contributed by atoms with van der Waals surface area (Å²) >= 11 is 0. The molecule has 0 bridgehead atoms. The van der Waals surface area contributed by atoms with Crippen LogP contribution in [0.2, 0.25) is 0 Å². The largest absolute Gasteiger partial charge is 0.418 e. The van der Waals surface area contributed by atoms with Crippen LogP contribution >= 0.6 is 0 Å². The molecule has 1 aromatic heterocycles. The summed E-state index contributed by atoms with van der Waals surface area (Å²) < 4.78 is 44.6. The number of ether oxygens (including phenoxy) is 1. The summed E-state index contributed by atoms with van der Waals surface area (Å²) in [5, 5.41) is 17.2. The minimum atomic E-state index is -4.53. The third-order valence-corrected chi connectivity index (χ3v) is 3.44. The lowest BCUT2D eigenvalue weighted by Gasteiger charge is -2.26. The number of nitrogens with zero attached hydrogens (tertiary/aromatic N) is 5. The first kappa shape index (κ1) is 15.3. The number of benzene rings is 1. The van der Waals surface area contributed by atoms with Gasteiger partial charge in [-0.25, -0.2) is 0 Å². The summed E-state index contributed by atoms with van der Waals surface area (Å²) in [6, 6.07) is 6.87. The molecule has 0 aliphatic carbocycles. The number of rotatable bonds is 2. The van der Waals surface area contributed by atoms with Crippen LogP contribution in [0.4, 0.5) is 19.0 Å². The normalized spacial score (nSPS) is 15.5. The summed E-state index contributed by atoms with van der Waals surface area (Å²) in [5.41, 5.74) is -1.08. The number of anilines is 1. The Morgan fingerprint density at radius 2 is 1.83 bits per heavy atom. The van der Waals surface area contributed by atoms with Gasteiger partial charge in [0.25, 0.3) is 0 Å². The molecule has 6 nitrogen and oxygen atoms in total. The van der Waals surface area contributed by atoms with Gasteiger partial charge in [0, 0.05) is 13.1 Å². The number of nitriles is 1. The van der Waals surface area contributed by atoms with Gasteiger partial charge in [-0.15, -0.1) is 15.0 Å². The van der Waals surface area contributed by atoms with Gasteiger partial charge in [-0.3, -0.25) is 0 Å². The molecule has 1 saturated heterocycles. The number of halogens is 3. The minimum absolute atomic E-state index is 0.0103. The SMILES string of the molecule is N#Cc1nn(-c2ccccc2C(F)(F)F)nc1N1CCOCC1. The highest BCUT2D eigenvalue weighted by atomic mass is 19.4. The molecule has 2 heterocycles. The van der Waals surface area contributed by atoms with E-state index in [4.69, 9.17) is 4.74 Å². The summed E-state index contributed by atoms with van der Waals surface area (Å²) in [6.07, 6.45) is -4.53. The smallest absolute Gasteiger partial charge is 0.378 e. The topological polar surface area (TPSA) is 67.0 Å². The van der Waals surface area contributed by atoms with E-state index >= 15 is 0 Å². The Balaban J connectivity index is 2.05. The van der Waals surface area contributed by atoms with E-state index in [1.165, 1.54) is 18.2 Å². The lowest BCUT2D eigenvalue weighted by molar-refractivity contribution is -0.137. The van der Waals surface area contributed by atoms with E-state index in [1.807, 2.05) is 6.07 Å². The van der Waals surface area contributed by atoms with Crippen molar-refractivity contribution >= 4 is 5.82 Å². The standard InChI is InChI=1S/C14H12F3N5O/c15-14(16,17)10-3-1-2-4-12(10)22-19-11(9-18)13(20-22)21-5-7-23-8-6-21/h1-4H,5-8H2. The highest BCUT2D eigenvalue weighted by Crippen LogP contribution is 2.33. The fraction of sp³-hybridized carbons (Fsp3) is 0.357. The van der Waals surface area contributed by atoms with E-state index in [2.05, 4.69) is 10.2 Å². The third kappa shape index (κ3) is 2.98. The zero-order chi connectivity index (χ0) is 16.4. The first-order valence-electron chi connectivity index (χ1n) is 6.87. The van der Waals surface area contributed by atoms with E-state index in [9.17, 15) is 18.4 Å². The second-order valence-electron chi connectivity index (χ2n) is 4.89. The number of alkyl halides is 3. The Morgan fingerprint density at radius 1 is 1.13 bits per heavy atom. The van der Waals surface area contributed by atoms with Crippen molar-refractivity contribution in [3.63, 3.8) is 0 Å². The van der Waals surface area contributed by atoms with Gasteiger partial charge in [-0.05, 0) is 12.1 Å². The van der Waals surface area contributed by atoms with Crippen LogP contribution in [-0.4, -0.2) is 41.3 Å². The molecular formula is C14H12F3N5O. The van der Waals surface area contributed by atoms with Crippen LogP contribution in [-0.2, 0) is 10.9 Å². The van der Waals surface area contributed by atoms with Gasteiger partial charge < -0.3 is 9.64 Å². The molecular weight excluding hydrogens is 311 g/mol. The molecule has 1 aliphatic rings. The van der Waals surface area contributed by atoms with Gasteiger partial charge in [-0.2, -0.15) is 18.4 Å². The van der Waals surface area contributed by atoms with Crippen LogP contribution in [0.25, 0.3) is 5.69 Å². The summed E-state index contributed by atoms with van der Waals surface area (Å²) in [4.78, 5) is 2.65. The van der Waals surface area contributed by atoms with Crippen LogP contribution in [0.1, 0.15) is 11.3 Å². The van der Waals surface area contributed by atoms with Crippen molar-refractivity contribution < 1.29 is 17.9 Å². The van der Waals surface area contributed by atoms with E-state index in [-0.39, 0.29) is 17.2 Å². The summed E-state index contributed by atoms with van der Waals surface area (Å²) in [6.45, 7) is 1.95. The molecule has 9 heteroatoms. The number of morpholine rings is 1. The molecule has 1 aromatic carbocycles. The van der Waals surface area contributed by atoms with Crippen LogP contribution in [0, 0.1) is 11.3 Å². The minimum Gasteiger partial charge on any atom is -0.378 e. The first-order chi connectivity index (χ1) is 11.0. The summed E-state index contributed by atoms with van der Waals surface area (Å²) in [5.74, 6) is 0.271. The molecule has 0 N–H and O–H groups in total. The zero-order valence-electron chi connectivity index (χ0n) is 11.9. The summed E-state index contributed by atoms with van der Waals surface area (Å²) in [7, 11) is 0. The molecule has 0 saturated carbocycles. The maximum absolute atomic E-state index is 13.1. The van der Waals surface area contributed by atoms with E-state index in [0.29, 0.717) is 26.3 Å².